The Labute approximate surface area is 150 Å². The molecule has 1 atom stereocenters. The quantitative estimate of drug-likeness (QED) is 0.783. The summed E-state index contributed by atoms with van der Waals surface area (Å²) in [6.45, 7) is 0. The lowest BCUT2D eigenvalue weighted by molar-refractivity contribution is -0.139. The minimum atomic E-state index is -0.337. The van der Waals surface area contributed by atoms with E-state index in [4.69, 9.17) is 0 Å². The van der Waals surface area contributed by atoms with Crippen molar-refractivity contribution >= 4 is 34.9 Å². The number of benzene rings is 1. The Morgan fingerprint density at radius 1 is 0.769 bits per heavy atom. The molecule has 1 aromatic rings. The molecular formula is C20H16N2O4. The summed E-state index contributed by atoms with van der Waals surface area (Å²) in [6, 6.07) is 7.17. The molecule has 6 heteroatoms. The Morgan fingerprint density at radius 2 is 1.35 bits per heavy atom. The first-order valence-corrected chi connectivity index (χ1v) is 8.45. The molecule has 0 radical (unpaired) electrons. The van der Waals surface area contributed by atoms with Gasteiger partial charge in [-0.2, -0.15) is 0 Å². The first kappa shape index (κ1) is 16.2. The Kier molecular flexibility index (Phi) is 3.88. The zero-order valence-corrected chi connectivity index (χ0v) is 13.9. The van der Waals surface area contributed by atoms with E-state index in [1.54, 1.807) is 12.1 Å². The van der Waals surface area contributed by atoms with Gasteiger partial charge in [-0.05, 0) is 42.5 Å². The van der Waals surface area contributed by atoms with Crippen molar-refractivity contribution in [3.63, 3.8) is 0 Å². The minimum absolute atomic E-state index is 0.0982. The van der Waals surface area contributed by atoms with Crippen molar-refractivity contribution in [3.8, 4) is 0 Å². The fraction of sp³-hybridized carbons (Fsp3) is 0.200. The second kappa shape index (κ2) is 6.22. The predicted molar refractivity (Wildman–Crippen MR) is 94.7 cm³/mol. The van der Waals surface area contributed by atoms with Crippen LogP contribution in [-0.4, -0.2) is 34.6 Å². The van der Waals surface area contributed by atoms with Crippen LogP contribution in [0.3, 0.4) is 0 Å². The monoisotopic (exact) mass is 348 g/mol. The van der Waals surface area contributed by atoms with E-state index < -0.39 is 0 Å². The molecule has 4 amide bonds. The molecule has 0 fully saturated rings. The molecule has 2 heterocycles. The standard InChI is InChI=1S/C20H16N2O4/c23-17-9-10-18(24)21(17)15-5-1-13(2-6-15)14-3-7-16(8-4-14)22-19(25)11-12-20(22)26/h1-3,5-6,9-12,16H,4,7-8H2. The van der Waals surface area contributed by atoms with Crippen LogP contribution in [0.25, 0.3) is 5.57 Å². The number of hydrogen-bond acceptors (Lipinski definition) is 4. The summed E-state index contributed by atoms with van der Waals surface area (Å²) in [5.74, 6) is -1.16. The van der Waals surface area contributed by atoms with Gasteiger partial charge in [-0.1, -0.05) is 18.2 Å². The maximum atomic E-state index is 11.8. The predicted octanol–water partition coefficient (Wildman–Crippen LogP) is 1.98. The normalized spacial score (nSPS) is 22.6. The lowest BCUT2D eigenvalue weighted by Crippen LogP contribution is -2.40. The van der Waals surface area contributed by atoms with Gasteiger partial charge in [-0.25, -0.2) is 4.90 Å². The Bertz CT molecular complexity index is 872. The summed E-state index contributed by atoms with van der Waals surface area (Å²) in [5.41, 5.74) is 2.69. The Hall–Kier alpha value is -3.28. The molecule has 0 bridgehead atoms. The van der Waals surface area contributed by atoms with Crippen LogP contribution in [0.1, 0.15) is 24.8 Å². The molecule has 4 rings (SSSR count). The molecule has 0 spiro atoms. The van der Waals surface area contributed by atoms with E-state index in [0.717, 1.165) is 28.9 Å². The molecule has 0 saturated carbocycles. The lowest BCUT2D eigenvalue weighted by Gasteiger charge is -2.29. The highest BCUT2D eigenvalue weighted by molar-refractivity contribution is 6.28. The van der Waals surface area contributed by atoms with E-state index >= 15 is 0 Å². The third-order valence-corrected chi connectivity index (χ3v) is 4.90. The second-order valence-electron chi connectivity index (χ2n) is 6.43. The van der Waals surface area contributed by atoms with Crippen molar-refractivity contribution in [1.29, 1.82) is 0 Å². The molecule has 130 valence electrons. The molecule has 0 aromatic heterocycles. The van der Waals surface area contributed by atoms with Gasteiger partial charge in [-0.3, -0.25) is 24.1 Å². The number of imide groups is 2. The van der Waals surface area contributed by atoms with Gasteiger partial charge in [0.05, 0.1) is 5.69 Å². The first-order valence-electron chi connectivity index (χ1n) is 8.45. The zero-order valence-electron chi connectivity index (χ0n) is 13.9. The number of carbonyl (C=O) groups is 4. The zero-order chi connectivity index (χ0) is 18.3. The van der Waals surface area contributed by atoms with Gasteiger partial charge < -0.3 is 0 Å². The maximum Gasteiger partial charge on any atom is 0.258 e. The molecule has 1 aliphatic carbocycles. The van der Waals surface area contributed by atoms with E-state index in [9.17, 15) is 19.2 Å². The highest BCUT2D eigenvalue weighted by Gasteiger charge is 2.32. The van der Waals surface area contributed by atoms with Gasteiger partial charge in [0.15, 0.2) is 0 Å². The third kappa shape index (κ3) is 2.69. The number of carbonyl (C=O) groups excluding carboxylic acids is 4. The van der Waals surface area contributed by atoms with E-state index in [1.165, 1.54) is 29.2 Å². The molecule has 3 aliphatic rings. The second-order valence-corrected chi connectivity index (χ2v) is 6.43. The lowest BCUT2D eigenvalue weighted by atomic mass is 9.90. The number of allylic oxidation sites excluding steroid dienone is 1. The number of nitrogens with zero attached hydrogens (tertiary/aromatic N) is 2. The van der Waals surface area contributed by atoms with Crippen molar-refractivity contribution in [2.45, 2.75) is 25.3 Å². The molecular weight excluding hydrogens is 332 g/mol. The van der Waals surface area contributed by atoms with Crippen LogP contribution >= 0.6 is 0 Å². The van der Waals surface area contributed by atoms with Gasteiger partial charge in [0.25, 0.3) is 23.6 Å². The van der Waals surface area contributed by atoms with E-state index in [1.807, 2.05) is 12.1 Å². The Morgan fingerprint density at radius 3 is 1.88 bits per heavy atom. The average Bonchev–Trinajstić information content (AvgIpc) is 3.16. The topological polar surface area (TPSA) is 74.8 Å². The van der Waals surface area contributed by atoms with Gasteiger partial charge in [0.1, 0.15) is 0 Å². The number of rotatable bonds is 3. The van der Waals surface area contributed by atoms with Gasteiger partial charge in [-0.15, -0.1) is 0 Å². The summed E-state index contributed by atoms with van der Waals surface area (Å²) in [5, 5.41) is 0. The Balaban J connectivity index is 1.47. The molecule has 2 aliphatic heterocycles. The van der Waals surface area contributed by atoms with Gasteiger partial charge in [0, 0.05) is 30.3 Å². The van der Waals surface area contributed by atoms with Crippen molar-refractivity contribution in [2.24, 2.45) is 0 Å². The van der Waals surface area contributed by atoms with Gasteiger partial charge in [0.2, 0.25) is 0 Å². The van der Waals surface area contributed by atoms with Crippen molar-refractivity contribution in [3.05, 3.63) is 60.2 Å². The first-order chi connectivity index (χ1) is 12.5. The van der Waals surface area contributed by atoms with Crippen molar-refractivity contribution in [2.75, 3.05) is 4.90 Å². The number of amides is 4. The van der Waals surface area contributed by atoms with Crippen LogP contribution in [0.5, 0.6) is 0 Å². The van der Waals surface area contributed by atoms with Crippen molar-refractivity contribution < 1.29 is 19.2 Å². The molecule has 1 unspecified atom stereocenters. The van der Waals surface area contributed by atoms with Crippen LogP contribution in [-0.2, 0) is 19.2 Å². The molecule has 6 nitrogen and oxygen atoms in total. The van der Waals surface area contributed by atoms with Crippen LogP contribution in [0.2, 0.25) is 0 Å². The van der Waals surface area contributed by atoms with E-state index in [-0.39, 0.29) is 29.7 Å². The van der Waals surface area contributed by atoms with E-state index in [0.29, 0.717) is 12.1 Å². The third-order valence-electron chi connectivity index (χ3n) is 4.90. The highest BCUT2D eigenvalue weighted by atomic mass is 16.2. The fourth-order valence-electron chi connectivity index (χ4n) is 3.57. The summed E-state index contributed by atoms with van der Waals surface area (Å²) < 4.78 is 0. The SMILES string of the molecule is O=C1C=CC(=O)N1c1ccc(C2=CCC(N3C(=O)C=CC3=O)CC2)cc1. The van der Waals surface area contributed by atoms with Crippen LogP contribution < -0.4 is 4.90 Å². The summed E-state index contributed by atoms with van der Waals surface area (Å²) in [6.07, 6.45) is 9.31. The summed E-state index contributed by atoms with van der Waals surface area (Å²) in [4.78, 5) is 49.5. The van der Waals surface area contributed by atoms with Crippen molar-refractivity contribution in [1.82, 2.24) is 4.90 Å². The average molecular weight is 348 g/mol. The summed E-state index contributed by atoms with van der Waals surface area (Å²) >= 11 is 0. The summed E-state index contributed by atoms with van der Waals surface area (Å²) in [7, 11) is 0. The maximum absolute atomic E-state index is 11.8. The fourth-order valence-corrected chi connectivity index (χ4v) is 3.57. The number of anilines is 1. The molecule has 26 heavy (non-hydrogen) atoms. The highest BCUT2D eigenvalue weighted by Crippen LogP contribution is 2.31. The molecule has 0 N–H and O–H groups in total. The minimum Gasteiger partial charge on any atom is -0.272 e. The van der Waals surface area contributed by atoms with Gasteiger partial charge >= 0.3 is 0 Å². The van der Waals surface area contributed by atoms with Crippen LogP contribution in [0.4, 0.5) is 5.69 Å². The van der Waals surface area contributed by atoms with Crippen LogP contribution in [0.15, 0.2) is 54.6 Å². The number of hydrogen-bond donors (Lipinski definition) is 0. The molecule has 1 aromatic carbocycles. The van der Waals surface area contributed by atoms with E-state index in [2.05, 4.69) is 6.08 Å². The largest absolute Gasteiger partial charge is 0.272 e. The van der Waals surface area contributed by atoms with Crippen LogP contribution in [0, 0.1) is 0 Å². The molecule has 0 saturated heterocycles. The smallest absolute Gasteiger partial charge is 0.258 e.